The van der Waals surface area contributed by atoms with Crippen LogP contribution < -0.4 is 0 Å². The van der Waals surface area contributed by atoms with Gasteiger partial charge in [-0.3, -0.25) is 9.78 Å². The summed E-state index contributed by atoms with van der Waals surface area (Å²) >= 11 is 4.88. The number of carbonyl (C=O) groups excluding carboxylic acids is 1. The van der Waals surface area contributed by atoms with E-state index in [2.05, 4.69) is 20.9 Å². The van der Waals surface area contributed by atoms with Gasteiger partial charge in [0, 0.05) is 18.0 Å². The van der Waals surface area contributed by atoms with Gasteiger partial charge in [-0.1, -0.05) is 0 Å². The lowest BCUT2D eigenvalue weighted by molar-refractivity contribution is 0.104. The number of hydrogen-bond acceptors (Lipinski definition) is 3. The van der Waals surface area contributed by atoms with Crippen LogP contribution in [0.1, 0.15) is 26.4 Å². The van der Waals surface area contributed by atoms with Crippen molar-refractivity contribution >= 4 is 33.0 Å². The Balaban J connectivity index is 2.39. The lowest BCUT2D eigenvalue weighted by Crippen LogP contribution is -1.99. The molecule has 16 heavy (non-hydrogen) atoms. The number of thiophene rings is 1. The lowest BCUT2D eigenvalue weighted by Gasteiger charge is -1.98. The number of ketones is 1. The Morgan fingerprint density at radius 1 is 1.31 bits per heavy atom. The van der Waals surface area contributed by atoms with E-state index in [0.717, 1.165) is 19.8 Å². The van der Waals surface area contributed by atoms with Crippen LogP contribution in [0, 0.1) is 13.8 Å². The van der Waals surface area contributed by atoms with Gasteiger partial charge in [0.25, 0.3) is 0 Å². The molecule has 0 bridgehead atoms. The van der Waals surface area contributed by atoms with Crippen LogP contribution in [0.15, 0.2) is 28.3 Å². The summed E-state index contributed by atoms with van der Waals surface area (Å²) in [4.78, 5) is 16.9. The van der Waals surface area contributed by atoms with E-state index in [4.69, 9.17) is 0 Å². The van der Waals surface area contributed by atoms with Crippen LogP contribution >= 0.6 is 27.3 Å². The lowest BCUT2D eigenvalue weighted by atomic mass is 10.1. The highest BCUT2D eigenvalue weighted by Crippen LogP contribution is 2.28. The molecule has 4 heteroatoms. The van der Waals surface area contributed by atoms with Crippen LogP contribution in [0.4, 0.5) is 0 Å². The molecule has 0 aliphatic heterocycles. The molecule has 0 fully saturated rings. The Kier molecular flexibility index (Phi) is 3.21. The zero-order valence-corrected chi connectivity index (χ0v) is 11.4. The molecule has 0 radical (unpaired) electrons. The summed E-state index contributed by atoms with van der Waals surface area (Å²) in [7, 11) is 0. The van der Waals surface area contributed by atoms with E-state index >= 15 is 0 Å². The van der Waals surface area contributed by atoms with Crippen LogP contribution in [0.25, 0.3) is 0 Å². The third kappa shape index (κ3) is 2.23. The Morgan fingerprint density at radius 3 is 2.62 bits per heavy atom. The SMILES string of the molecule is Cc1cncc(C(=O)c2cc(C)c(Br)s2)c1. The number of pyridine rings is 1. The summed E-state index contributed by atoms with van der Waals surface area (Å²) < 4.78 is 1.01. The second-order valence-corrected chi connectivity index (χ2v) is 6.02. The van der Waals surface area contributed by atoms with Crippen LogP contribution in [0.2, 0.25) is 0 Å². The van der Waals surface area contributed by atoms with Gasteiger partial charge in [-0.25, -0.2) is 0 Å². The van der Waals surface area contributed by atoms with E-state index in [1.54, 1.807) is 12.4 Å². The molecule has 0 aliphatic carbocycles. The van der Waals surface area contributed by atoms with Crippen LogP contribution in [-0.2, 0) is 0 Å². The summed E-state index contributed by atoms with van der Waals surface area (Å²) in [5, 5.41) is 0. The fourth-order valence-electron chi connectivity index (χ4n) is 1.39. The van der Waals surface area contributed by atoms with Gasteiger partial charge in [0.1, 0.15) is 0 Å². The molecule has 2 aromatic rings. The molecule has 0 amide bonds. The number of carbonyl (C=O) groups is 1. The molecule has 82 valence electrons. The van der Waals surface area contributed by atoms with Crippen molar-refractivity contribution in [3.05, 3.63) is 49.9 Å². The average Bonchev–Trinajstić information content (AvgIpc) is 2.58. The van der Waals surface area contributed by atoms with Crippen molar-refractivity contribution in [3.63, 3.8) is 0 Å². The standard InChI is InChI=1S/C12H10BrNOS/c1-7-3-9(6-14-5-7)11(15)10-4-8(2)12(13)16-10/h3-6H,1-2H3. The van der Waals surface area contributed by atoms with Crippen LogP contribution in [0.3, 0.4) is 0 Å². The summed E-state index contributed by atoms with van der Waals surface area (Å²) in [6.45, 7) is 3.91. The third-order valence-corrected chi connectivity index (χ3v) is 4.35. The minimum atomic E-state index is 0.0370. The first-order valence-electron chi connectivity index (χ1n) is 4.80. The first-order valence-corrected chi connectivity index (χ1v) is 6.41. The van der Waals surface area contributed by atoms with Crippen molar-refractivity contribution in [1.29, 1.82) is 0 Å². The quantitative estimate of drug-likeness (QED) is 0.790. The Bertz CT molecular complexity index is 528. The van der Waals surface area contributed by atoms with Gasteiger partial charge < -0.3 is 0 Å². The smallest absolute Gasteiger partial charge is 0.204 e. The number of nitrogens with zero attached hydrogens (tertiary/aromatic N) is 1. The number of halogens is 1. The number of aromatic nitrogens is 1. The van der Waals surface area contributed by atoms with Crippen molar-refractivity contribution in [2.75, 3.05) is 0 Å². The molecule has 0 N–H and O–H groups in total. The molecule has 0 atom stereocenters. The van der Waals surface area contributed by atoms with Crippen molar-refractivity contribution < 1.29 is 4.79 Å². The Morgan fingerprint density at radius 2 is 2.06 bits per heavy atom. The maximum Gasteiger partial charge on any atom is 0.204 e. The minimum Gasteiger partial charge on any atom is -0.288 e. The molecule has 0 saturated carbocycles. The van der Waals surface area contributed by atoms with Gasteiger partial charge in [-0.2, -0.15) is 0 Å². The van der Waals surface area contributed by atoms with E-state index in [9.17, 15) is 4.79 Å². The Labute approximate surface area is 106 Å². The number of aryl methyl sites for hydroxylation is 2. The molecule has 2 rings (SSSR count). The van der Waals surface area contributed by atoms with Crippen LogP contribution in [-0.4, -0.2) is 10.8 Å². The second-order valence-electron chi connectivity index (χ2n) is 3.65. The highest BCUT2D eigenvalue weighted by atomic mass is 79.9. The van der Waals surface area contributed by atoms with Crippen molar-refractivity contribution in [1.82, 2.24) is 4.98 Å². The van der Waals surface area contributed by atoms with E-state index in [1.807, 2.05) is 26.0 Å². The van der Waals surface area contributed by atoms with E-state index in [-0.39, 0.29) is 5.78 Å². The Hall–Kier alpha value is -1.000. The largest absolute Gasteiger partial charge is 0.288 e. The molecular formula is C12H10BrNOS. The maximum atomic E-state index is 12.1. The van der Waals surface area contributed by atoms with E-state index in [1.165, 1.54) is 11.3 Å². The van der Waals surface area contributed by atoms with Gasteiger partial charge in [0.2, 0.25) is 5.78 Å². The molecule has 0 saturated heterocycles. The zero-order valence-electron chi connectivity index (χ0n) is 8.95. The summed E-state index contributed by atoms with van der Waals surface area (Å²) in [5.41, 5.74) is 2.74. The van der Waals surface area contributed by atoms with Crippen LogP contribution in [0.5, 0.6) is 0 Å². The highest BCUT2D eigenvalue weighted by Gasteiger charge is 2.13. The molecular weight excluding hydrogens is 286 g/mol. The first kappa shape index (κ1) is 11.5. The molecule has 2 aromatic heterocycles. The van der Waals surface area contributed by atoms with Gasteiger partial charge in [-0.15, -0.1) is 11.3 Å². The normalized spacial score (nSPS) is 10.4. The number of hydrogen-bond donors (Lipinski definition) is 0. The predicted octanol–water partition coefficient (Wildman–Crippen LogP) is 3.75. The topological polar surface area (TPSA) is 30.0 Å². The number of rotatable bonds is 2. The fourth-order valence-corrected chi connectivity index (χ4v) is 2.89. The van der Waals surface area contributed by atoms with E-state index < -0.39 is 0 Å². The predicted molar refractivity (Wildman–Crippen MR) is 69.2 cm³/mol. The minimum absolute atomic E-state index is 0.0370. The fraction of sp³-hybridized carbons (Fsp3) is 0.167. The molecule has 2 nitrogen and oxygen atoms in total. The van der Waals surface area contributed by atoms with Gasteiger partial charge in [0.15, 0.2) is 0 Å². The molecule has 0 spiro atoms. The first-order chi connectivity index (χ1) is 7.58. The summed E-state index contributed by atoms with van der Waals surface area (Å²) in [6, 6.07) is 3.76. The van der Waals surface area contributed by atoms with Gasteiger partial charge in [0.05, 0.1) is 8.66 Å². The monoisotopic (exact) mass is 295 g/mol. The van der Waals surface area contributed by atoms with Crippen molar-refractivity contribution in [2.45, 2.75) is 13.8 Å². The van der Waals surface area contributed by atoms with Gasteiger partial charge in [-0.05, 0) is 53.0 Å². The third-order valence-electron chi connectivity index (χ3n) is 2.22. The molecule has 2 heterocycles. The summed E-state index contributed by atoms with van der Waals surface area (Å²) in [6.07, 6.45) is 3.35. The average molecular weight is 296 g/mol. The second kappa shape index (κ2) is 4.47. The summed E-state index contributed by atoms with van der Waals surface area (Å²) in [5.74, 6) is 0.0370. The van der Waals surface area contributed by atoms with Crippen molar-refractivity contribution in [3.8, 4) is 0 Å². The van der Waals surface area contributed by atoms with Crippen molar-refractivity contribution in [2.24, 2.45) is 0 Å². The maximum absolute atomic E-state index is 12.1. The zero-order chi connectivity index (χ0) is 11.7. The molecule has 0 unspecified atom stereocenters. The highest BCUT2D eigenvalue weighted by molar-refractivity contribution is 9.11. The van der Waals surface area contributed by atoms with Gasteiger partial charge >= 0.3 is 0 Å². The molecule has 0 aliphatic rings. The van der Waals surface area contributed by atoms with E-state index in [0.29, 0.717) is 5.56 Å². The molecule has 0 aromatic carbocycles.